The van der Waals surface area contributed by atoms with E-state index in [1.54, 1.807) is 10.9 Å². The molecule has 3 heterocycles. The first-order valence-corrected chi connectivity index (χ1v) is 8.78. The first-order valence-electron chi connectivity index (χ1n) is 8.78. The number of fused-ring (bicyclic) bond motifs is 1. The maximum absolute atomic E-state index is 13.0. The van der Waals surface area contributed by atoms with E-state index in [4.69, 9.17) is 4.42 Å². The fourth-order valence-corrected chi connectivity index (χ4v) is 3.76. The van der Waals surface area contributed by atoms with Gasteiger partial charge in [-0.3, -0.25) is 9.48 Å². The molecule has 1 aliphatic rings. The van der Waals surface area contributed by atoms with Gasteiger partial charge in [0, 0.05) is 36.3 Å². The standard InChI is InChI=1S/C20H23N3O2/c1-13-7-17-15(12-25-19(17)8-14(13)2)9-20(24)23-6-4-5-18(23)16-10-21-22(3)11-16/h7-8,10-12,18H,4-6,9H2,1-3H3/t18-/m1/s1. The smallest absolute Gasteiger partial charge is 0.227 e. The van der Waals surface area contributed by atoms with Crippen LogP contribution in [0.4, 0.5) is 0 Å². The van der Waals surface area contributed by atoms with Gasteiger partial charge in [0.1, 0.15) is 5.58 Å². The Morgan fingerprint density at radius 2 is 2.12 bits per heavy atom. The minimum Gasteiger partial charge on any atom is -0.464 e. The molecule has 1 aliphatic heterocycles. The summed E-state index contributed by atoms with van der Waals surface area (Å²) in [6.07, 6.45) is 8.03. The van der Waals surface area contributed by atoms with Crippen molar-refractivity contribution in [3.63, 3.8) is 0 Å². The Morgan fingerprint density at radius 1 is 1.32 bits per heavy atom. The third-order valence-electron chi connectivity index (χ3n) is 5.29. The lowest BCUT2D eigenvalue weighted by Gasteiger charge is -2.23. The molecule has 0 spiro atoms. The predicted molar refractivity (Wildman–Crippen MR) is 96.3 cm³/mol. The van der Waals surface area contributed by atoms with Gasteiger partial charge < -0.3 is 9.32 Å². The van der Waals surface area contributed by atoms with Crippen LogP contribution >= 0.6 is 0 Å². The van der Waals surface area contributed by atoms with Gasteiger partial charge in [-0.2, -0.15) is 5.10 Å². The molecule has 1 saturated heterocycles. The van der Waals surface area contributed by atoms with Crippen LogP contribution in [0.5, 0.6) is 0 Å². The van der Waals surface area contributed by atoms with E-state index < -0.39 is 0 Å². The minimum absolute atomic E-state index is 0.142. The second-order valence-corrected chi connectivity index (χ2v) is 7.06. The van der Waals surface area contributed by atoms with Crippen LogP contribution in [0.1, 0.15) is 41.1 Å². The summed E-state index contributed by atoms with van der Waals surface area (Å²) in [5, 5.41) is 5.30. The van der Waals surface area contributed by atoms with Crippen molar-refractivity contribution in [3.8, 4) is 0 Å². The highest BCUT2D eigenvalue weighted by Gasteiger charge is 2.31. The summed E-state index contributed by atoms with van der Waals surface area (Å²) in [6.45, 7) is 4.98. The van der Waals surface area contributed by atoms with Crippen molar-refractivity contribution in [3.05, 3.63) is 53.0 Å². The van der Waals surface area contributed by atoms with Gasteiger partial charge in [0.25, 0.3) is 0 Å². The van der Waals surface area contributed by atoms with Crippen molar-refractivity contribution < 1.29 is 9.21 Å². The molecular formula is C20H23N3O2. The highest BCUT2D eigenvalue weighted by Crippen LogP contribution is 2.33. The molecule has 0 bridgehead atoms. The van der Waals surface area contributed by atoms with Crippen molar-refractivity contribution in [2.45, 2.75) is 39.2 Å². The topological polar surface area (TPSA) is 51.3 Å². The zero-order chi connectivity index (χ0) is 17.6. The molecule has 3 aromatic rings. The number of likely N-dealkylation sites (tertiary alicyclic amines) is 1. The highest BCUT2D eigenvalue weighted by atomic mass is 16.3. The van der Waals surface area contributed by atoms with E-state index in [0.717, 1.165) is 41.5 Å². The molecule has 0 N–H and O–H groups in total. The molecule has 2 aromatic heterocycles. The van der Waals surface area contributed by atoms with Gasteiger partial charge in [-0.25, -0.2) is 0 Å². The van der Waals surface area contributed by atoms with Gasteiger partial charge in [-0.1, -0.05) is 0 Å². The molecule has 1 atom stereocenters. The van der Waals surface area contributed by atoms with Crippen LogP contribution in [0.25, 0.3) is 11.0 Å². The number of rotatable bonds is 3. The lowest BCUT2D eigenvalue weighted by Crippen LogP contribution is -2.31. The number of carbonyl (C=O) groups excluding carboxylic acids is 1. The van der Waals surface area contributed by atoms with E-state index >= 15 is 0 Å². The molecule has 0 radical (unpaired) electrons. The molecule has 0 saturated carbocycles. The van der Waals surface area contributed by atoms with Crippen molar-refractivity contribution >= 4 is 16.9 Å². The third kappa shape index (κ3) is 2.84. The maximum atomic E-state index is 13.0. The molecule has 1 amide bonds. The van der Waals surface area contributed by atoms with E-state index in [1.165, 1.54) is 11.1 Å². The molecule has 5 heteroatoms. The summed E-state index contributed by atoms with van der Waals surface area (Å²) in [7, 11) is 1.91. The number of carbonyl (C=O) groups is 1. The first-order chi connectivity index (χ1) is 12.0. The summed E-state index contributed by atoms with van der Waals surface area (Å²) in [6, 6.07) is 4.31. The molecule has 130 valence electrons. The lowest BCUT2D eigenvalue weighted by molar-refractivity contribution is -0.131. The number of aryl methyl sites for hydroxylation is 3. The molecule has 25 heavy (non-hydrogen) atoms. The SMILES string of the molecule is Cc1cc2occ(CC(=O)N3CCC[C@@H]3c3cnn(C)c3)c2cc1C. The van der Waals surface area contributed by atoms with E-state index in [-0.39, 0.29) is 11.9 Å². The van der Waals surface area contributed by atoms with E-state index in [1.807, 2.05) is 30.4 Å². The minimum atomic E-state index is 0.142. The highest BCUT2D eigenvalue weighted by molar-refractivity contribution is 5.88. The number of aromatic nitrogens is 2. The average Bonchev–Trinajstić information content (AvgIpc) is 3.29. The third-order valence-corrected chi connectivity index (χ3v) is 5.29. The van der Waals surface area contributed by atoms with Crippen LogP contribution < -0.4 is 0 Å². The van der Waals surface area contributed by atoms with E-state index in [2.05, 4.69) is 25.0 Å². The summed E-state index contributed by atoms with van der Waals surface area (Å²) >= 11 is 0. The van der Waals surface area contributed by atoms with Crippen LogP contribution in [0.3, 0.4) is 0 Å². The largest absolute Gasteiger partial charge is 0.464 e. The van der Waals surface area contributed by atoms with Crippen molar-refractivity contribution in [1.82, 2.24) is 14.7 Å². The normalized spacial score (nSPS) is 17.6. The Bertz CT molecular complexity index is 938. The number of hydrogen-bond donors (Lipinski definition) is 0. The zero-order valence-electron chi connectivity index (χ0n) is 15.0. The van der Waals surface area contributed by atoms with Gasteiger partial charge in [-0.05, 0) is 49.9 Å². The molecule has 0 aliphatic carbocycles. The Labute approximate surface area is 147 Å². The van der Waals surface area contributed by atoms with Gasteiger partial charge in [0.05, 0.1) is 24.9 Å². The van der Waals surface area contributed by atoms with Crippen molar-refractivity contribution in [2.75, 3.05) is 6.54 Å². The van der Waals surface area contributed by atoms with Crippen molar-refractivity contribution in [1.29, 1.82) is 0 Å². The Hall–Kier alpha value is -2.56. The quantitative estimate of drug-likeness (QED) is 0.732. The van der Waals surface area contributed by atoms with Gasteiger partial charge in [-0.15, -0.1) is 0 Å². The van der Waals surface area contributed by atoms with Gasteiger partial charge >= 0.3 is 0 Å². The monoisotopic (exact) mass is 337 g/mol. The first kappa shape index (κ1) is 15.9. The maximum Gasteiger partial charge on any atom is 0.227 e. The summed E-state index contributed by atoms with van der Waals surface area (Å²) in [5.74, 6) is 0.160. The summed E-state index contributed by atoms with van der Waals surface area (Å²) in [5.41, 5.74) is 5.38. The molecule has 1 fully saturated rings. The van der Waals surface area contributed by atoms with Gasteiger partial charge in [0.2, 0.25) is 5.91 Å². The molecule has 5 nitrogen and oxygen atoms in total. The zero-order valence-corrected chi connectivity index (χ0v) is 15.0. The second-order valence-electron chi connectivity index (χ2n) is 7.06. The lowest BCUT2D eigenvalue weighted by atomic mass is 10.0. The molecule has 4 rings (SSSR count). The number of furan rings is 1. The van der Waals surface area contributed by atoms with E-state index in [9.17, 15) is 4.79 Å². The Morgan fingerprint density at radius 3 is 2.88 bits per heavy atom. The number of benzene rings is 1. The van der Waals surface area contributed by atoms with E-state index in [0.29, 0.717) is 6.42 Å². The van der Waals surface area contributed by atoms with Crippen LogP contribution in [-0.2, 0) is 18.3 Å². The molecular weight excluding hydrogens is 314 g/mol. The number of amides is 1. The molecule has 1 aromatic carbocycles. The Kier molecular flexibility index (Phi) is 3.86. The summed E-state index contributed by atoms with van der Waals surface area (Å²) < 4.78 is 7.48. The predicted octanol–water partition coefficient (Wildman–Crippen LogP) is 3.69. The fraction of sp³-hybridized carbons (Fsp3) is 0.400. The van der Waals surface area contributed by atoms with Crippen LogP contribution in [0.2, 0.25) is 0 Å². The van der Waals surface area contributed by atoms with Crippen molar-refractivity contribution in [2.24, 2.45) is 7.05 Å². The average molecular weight is 337 g/mol. The van der Waals surface area contributed by atoms with Crippen LogP contribution in [0.15, 0.2) is 35.2 Å². The van der Waals surface area contributed by atoms with Gasteiger partial charge in [0.15, 0.2) is 0 Å². The molecule has 0 unspecified atom stereocenters. The second kappa shape index (κ2) is 6.06. The van der Waals surface area contributed by atoms with Crippen LogP contribution in [0, 0.1) is 13.8 Å². The Balaban J connectivity index is 1.58. The summed E-state index contributed by atoms with van der Waals surface area (Å²) in [4.78, 5) is 15.0. The number of hydrogen-bond acceptors (Lipinski definition) is 3. The fourth-order valence-electron chi connectivity index (χ4n) is 3.76. The van der Waals surface area contributed by atoms with Crippen LogP contribution in [-0.4, -0.2) is 27.1 Å². The number of nitrogens with zero attached hydrogens (tertiary/aromatic N) is 3.